The topological polar surface area (TPSA) is 65.3 Å². The van der Waals surface area contributed by atoms with Crippen molar-refractivity contribution >= 4 is 11.6 Å². The fraction of sp³-hybridized carbons (Fsp3) is 0.231. The molecule has 1 aliphatic heterocycles. The van der Waals surface area contributed by atoms with Gasteiger partial charge in [0.15, 0.2) is 17.6 Å². The average Bonchev–Trinajstić information content (AvgIpc) is 3.24. The van der Waals surface area contributed by atoms with Gasteiger partial charge in [-0.3, -0.25) is 4.79 Å². The lowest BCUT2D eigenvalue weighted by atomic mass is 10.2. The molecule has 2 aromatic heterocycles. The number of likely N-dealkylation sites (N-methyl/N-ethyl adjacent to an activating group) is 1. The molecule has 0 saturated carbocycles. The molecule has 2 aromatic carbocycles. The predicted octanol–water partition coefficient (Wildman–Crippen LogP) is 4.13. The van der Waals surface area contributed by atoms with Crippen LogP contribution >= 0.6 is 0 Å². The third kappa shape index (κ3) is 4.62. The number of amides is 1. The Balaban J connectivity index is 1.16. The minimum absolute atomic E-state index is 0.0836. The average molecular weight is 444 g/mol. The van der Waals surface area contributed by atoms with Crippen molar-refractivity contribution in [2.75, 3.05) is 20.2 Å². The Hall–Kier alpha value is -4.00. The molecule has 4 aromatic rings. The number of imidazole rings is 1. The number of carbonyl (C=O) groups excluding carboxylic acids is 1. The summed E-state index contributed by atoms with van der Waals surface area (Å²) in [6.07, 6.45) is 3.78. The summed E-state index contributed by atoms with van der Waals surface area (Å²) in [6, 6.07) is 18.7. The highest BCUT2D eigenvalue weighted by Crippen LogP contribution is 2.31. The summed E-state index contributed by atoms with van der Waals surface area (Å²) >= 11 is 0. The van der Waals surface area contributed by atoms with Crippen molar-refractivity contribution in [3.8, 4) is 17.2 Å². The van der Waals surface area contributed by atoms with Gasteiger partial charge in [-0.2, -0.15) is 0 Å². The molecule has 168 valence electrons. The van der Waals surface area contributed by atoms with E-state index in [1.165, 1.54) is 5.56 Å². The first kappa shape index (κ1) is 20.9. The molecule has 1 aliphatic rings. The first-order valence-corrected chi connectivity index (χ1v) is 10.9. The molecule has 7 heteroatoms. The number of benzene rings is 2. The second-order valence-electron chi connectivity index (χ2n) is 8.20. The zero-order chi connectivity index (χ0) is 22.8. The molecule has 1 amide bonds. The molecular weight excluding hydrogens is 418 g/mol. The Morgan fingerprint density at radius 2 is 1.88 bits per heavy atom. The first-order chi connectivity index (χ1) is 16.0. The smallest absolute Gasteiger partial charge is 0.253 e. The van der Waals surface area contributed by atoms with Crippen LogP contribution in [0, 0.1) is 6.92 Å². The van der Waals surface area contributed by atoms with Gasteiger partial charge in [0.1, 0.15) is 24.6 Å². The van der Waals surface area contributed by atoms with E-state index in [9.17, 15) is 4.79 Å². The summed E-state index contributed by atoms with van der Waals surface area (Å²) in [5, 5.41) is 0. The molecule has 1 atom stereocenters. The van der Waals surface area contributed by atoms with Crippen LogP contribution in [0.5, 0.6) is 17.2 Å². The van der Waals surface area contributed by atoms with Crippen molar-refractivity contribution in [1.82, 2.24) is 14.3 Å². The zero-order valence-corrected chi connectivity index (χ0v) is 18.6. The summed E-state index contributed by atoms with van der Waals surface area (Å²) in [7, 11) is 1.77. The summed E-state index contributed by atoms with van der Waals surface area (Å²) < 4.78 is 19.6. The monoisotopic (exact) mass is 443 g/mol. The van der Waals surface area contributed by atoms with E-state index in [1.54, 1.807) is 36.2 Å². The van der Waals surface area contributed by atoms with Crippen LogP contribution in [0.4, 0.5) is 0 Å². The largest absolute Gasteiger partial charge is 0.487 e. The highest BCUT2D eigenvalue weighted by molar-refractivity contribution is 5.94. The number of nitrogens with zero attached hydrogens (tertiary/aromatic N) is 3. The van der Waals surface area contributed by atoms with Crippen LogP contribution < -0.4 is 14.2 Å². The maximum Gasteiger partial charge on any atom is 0.253 e. The van der Waals surface area contributed by atoms with Gasteiger partial charge in [0, 0.05) is 25.0 Å². The quantitative estimate of drug-likeness (QED) is 0.448. The Bertz CT molecular complexity index is 1280. The molecule has 3 heterocycles. The van der Waals surface area contributed by atoms with Crippen LogP contribution in [0.25, 0.3) is 5.65 Å². The summed E-state index contributed by atoms with van der Waals surface area (Å²) in [5.74, 6) is 2.04. The molecule has 1 unspecified atom stereocenters. The van der Waals surface area contributed by atoms with Crippen LogP contribution in [0.3, 0.4) is 0 Å². The molecule has 5 rings (SSSR count). The highest BCUT2D eigenvalue weighted by atomic mass is 16.6. The second-order valence-corrected chi connectivity index (χ2v) is 8.20. The number of hydrogen-bond acceptors (Lipinski definition) is 5. The number of para-hydroxylation sites is 2. The fourth-order valence-electron chi connectivity index (χ4n) is 3.84. The van der Waals surface area contributed by atoms with E-state index in [2.05, 4.69) is 4.98 Å². The van der Waals surface area contributed by atoms with Gasteiger partial charge < -0.3 is 23.5 Å². The number of fused-ring (bicyclic) bond motifs is 2. The lowest BCUT2D eigenvalue weighted by Crippen LogP contribution is -2.41. The van der Waals surface area contributed by atoms with Gasteiger partial charge in [-0.15, -0.1) is 0 Å². The molecule has 33 heavy (non-hydrogen) atoms. The molecule has 0 radical (unpaired) electrons. The number of hydrogen-bond donors (Lipinski definition) is 0. The van der Waals surface area contributed by atoms with E-state index in [1.807, 2.05) is 60.1 Å². The van der Waals surface area contributed by atoms with E-state index in [0.717, 1.165) is 17.1 Å². The van der Waals surface area contributed by atoms with E-state index in [0.29, 0.717) is 36.8 Å². The van der Waals surface area contributed by atoms with E-state index in [-0.39, 0.29) is 12.0 Å². The van der Waals surface area contributed by atoms with Crippen molar-refractivity contribution in [1.29, 1.82) is 0 Å². The molecule has 0 spiro atoms. The maximum absolute atomic E-state index is 12.9. The van der Waals surface area contributed by atoms with Gasteiger partial charge in [-0.25, -0.2) is 4.98 Å². The molecular formula is C26H25N3O4. The number of aryl methyl sites for hydroxylation is 1. The van der Waals surface area contributed by atoms with Gasteiger partial charge in [0.25, 0.3) is 5.91 Å². The third-order valence-electron chi connectivity index (χ3n) is 5.53. The normalized spacial score (nSPS) is 14.8. The number of rotatable bonds is 6. The first-order valence-electron chi connectivity index (χ1n) is 10.9. The van der Waals surface area contributed by atoms with Crippen LogP contribution in [0.1, 0.15) is 21.6 Å². The van der Waals surface area contributed by atoms with E-state index in [4.69, 9.17) is 14.2 Å². The van der Waals surface area contributed by atoms with Crippen molar-refractivity contribution in [2.45, 2.75) is 19.6 Å². The fourth-order valence-corrected chi connectivity index (χ4v) is 3.84. The van der Waals surface area contributed by atoms with Crippen LogP contribution in [0.2, 0.25) is 0 Å². The summed E-state index contributed by atoms with van der Waals surface area (Å²) in [6.45, 7) is 3.24. The maximum atomic E-state index is 12.9. The van der Waals surface area contributed by atoms with Gasteiger partial charge in [0.05, 0.1) is 12.2 Å². The van der Waals surface area contributed by atoms with Gasteiger partial charge in [0.2, 0.25) is 0 Å². The Morgan fingerprint density at radius 1 is 1.09 bits per heavy atom. The van der Waals surface area contributed by atoms with Crippen molar-refractivity contribution in [2.24, 2.45) is 0 Å². The minimum atomic E-state index is -0.217. The lowest BCUT2D eigenvalue weighted by molar-refractivity contribution is 0.0521. The molecule has 0 aliphatic carbocycles. The highest BCUT2D eigenvalue weighted by Gasteiger charge is 2.24. The van der Waals surface area contributed by atoms with Crippen LogP contribution in [-0.2, 0) is 6.61 Å². The van der Waals surface area contributed by atoms with Crippen molar-refractivity contribution in [3.05, 3.63) is 89.9 Å². The standard InChI is InChI=1S/C26H25N3O4/c1-18-7-12-25-27-20(14-29(25)13-18)16-31-21-10-8-19(9-11-21)26(30)28(2)15-22-17-32-23-5-3-4-6-24(23)33-22/h3-14,22H,15-17H2,1-2H3. The summed E-state index contributed by atoms with van der Waals surface area (Å²) in [4.78, 5) is 19.1. The Labute approximate surface area is 192 Å². The molecule has 0 saturated heterocycles. The van der Waals surface area contributed by atoms with Gasteiger partial charge in [-0.1, -0.05) is 18.2 Å². The Kier molecular flexibility index (Phi) is 5.60. The van der Waals surface area contributed by atoms with E-state index >= 15 is 0 Å². The molecule has 0 fully saturated rings. The molecule has 0 N–H and O–H groups in total. The molecule has 7 nitrogen and oxygen atoms in total. The van der Waals surface area contributed by atoms with E-state index < -0.39 is 0 Å². The van der Waals surface area contributed by atoms with Gasteiger partial charge >= 0.3 is 0 Å². The van der Waals surface area contributed by atoms with Crippen LogP contribution in [-0.4, -0.2) is 46.5 Å². The Morgan fingerprint density at radius 3 is 2.70 bits per heavy atom. The molecule has 0 bridgehead atoms. The third-order valence-corrected chi connectivity index (χ3v) is 5.53. The van der Waals surface area contributed by atoms with Gasteiger partial charge in [-0.05, 0) is 55.0 Å². The predicted molar refractivity (Wildman–Crippen MR) is 124 cm³/mol. The SMILES string of the molecule is Cc1ccc2nc(COc3ccc(C(=O)N(C)CC4COc5ccccc5O4)cc3)cn2c1. The number of pyridine rings is 1. The summed E-state index contributed by atoms with van der Waals surface area (Å²) in [5.41, 5.74) is 3.49. The number of ether oxygens (including phenoxy) is 3. The van der Waals surface area contributed by atoms with Crippen LogP contribution in [0.15, 0.2) is 73.1 Å². The van der Waals surface area contributed by atoms with Crippen molar-refractivity contribution < 1.29 is 19.0 Å². The van der Waals surface area contributed by atoms with Crippen molar-refractivity contribution in [3.63, 3.8) is 0 Å². The number of carbonyl (C=O) groups is 1. The number of aromatic nitrogens is 2. The lowest BCUT2D eigenvalue weighted by Gasteiger charge is -2.29. The second kappa shape index (κ2) is 8.86. The zero-order valence-electron chi connectivity index (χ0n) is 18.6. The minimum Gasteiger partial charge on any atom is -0.487 e.